The van der Waals surface area contributed by atoms with Crippen molar-refractivity contribution in [1.29, 1.82) is 0 Å². The molecule has 0 aromatic heterocycles. The lowest BCUT2D eigenvalue weighted by Gasteiger charge is -2.14. The van der Waals surface area contributed by atoms with Crippen LogP contribution in [-0.2, 0) is 4.79 Å². The van der Waals surface area contributed by atoms with Gasteiger partial charge >= 0.3 is 0 Å². The molecule has 0 fully saturated rings. The Kier molecular flexibility index (Phi) is 4.63. The van der Waals surface area contributed by atoms with Gasteiger partial charge in [-0.15, -0.1) is 0 Å². The van der Waals surface area contributed by atoms with Crippen molar-refractivity contribution in [2.45, 2.75) is 20.3 Å². The van der Waals surface area contributed by atoms with Gasteiger partial charge in [-0.2, -0.15) is 0 Å². The highest BCUT2D eigenvalue weighted by molar-refractivity contribution is 5.98. The molecule has 0 aliphatic heterocycles. The van der Waals surface area contributed by atoms with Crippen LogP contribution in [0.4, 0.5) is 5.69 Å². The number of benzene rings is 1. The molecule has 1 rings (SSSR count). The van der Waals surface area contributed by atoms with Gasteiger partial charge in [-0.1, -0.05) is 13.8 Å². The van der Waals surface area contributed by atoms with E-state index in [0.29, 0.717) is 6.42 Å². The lowest BCUT2D eigenvalue weighted by molar-refractivity contribution is -0.255. The van der Waals surface area contributed by atoms with Gasteiger partial charge in [0.15, 0.2) is 0 Å². The van der Waals surface area contributed by atoms with E-state index >= 15 is 0 Å². The second-order valence-electron chi connectivity index (χ2n) is 4.17. The van der Waals surface area contributed by atoms with Gasteiger partial charge in [0.1, 0.15) is 0 Å². The number of hydrogen-bond acceptors (Lipinski definition) is 5. The fraction of sp³-hybridized carbons (Fsp3) is 0.308. The molecule has 0 radical (unpaired) electrons. The number of aromatic carboxylic acids is 2. The molecule has 1 N–H and O–H groups in total. The first kappa shape index (κ1) is 14.7. The van der Waals surface area contributed by atoms with E-state index < -0.39 is 11.9 Å². The first-order valence-corrected chi connectivity index (χ1v) is 5.73. The van der Waals surface area contributed by atoms with Gasteiger partial charge in [0, 0.05) is 11.6 Å². The third-order valence-corrected chi connectivity index (χ3v) is 2.73. The van der Waals surface area contributed by atoms with E-state index in [0.717, 1.165) is 18.2 Å². The molecule has 0 saturated heterocycles. The topological polar surface area (TPSA) is 109 Å². The highest BCUT2D eigenvalue weighted by Gasteiger charge is 2.11. The third-order valence-electron chi connectivity index (χ3n) is 2.73. The molecule has 1 aromatic rings. The van der Waals surface area contributed by atoms with E-state index in [1.165, 1.54) is 0 Å². The molecule has 6 heteroatoms. The number of carboxylic acid groups (broad SMARTS) is 2. The number of hydrogen-bond donors (Lipinski definition) is 1. The van der Waals surface area contributed by atoms with Crippen molar-refractivity contribution < 1.29 is 24.6 Å². The zero-order valence-electron chi connectivity index (χ0n) is 10.6. The van der Waals surface area contributed by atoms with Gasteiger partial charge in [-0.25, -0.2) is 0 Å². The summed E-state index contributed by atoms with van der Waals surface area (Å²) in [5.41, 5.74) is -0.575. The molecule has 0 heterocycles. The van der Waals surface area contributed by atoms with Crippen LogP contribution in [0.15, 0.2) is 18.2 Å². The molecule has 19 heavy (non-hydrogen) atoms. The lowest BCUT2D eigenvalue weighted by atomic mass is 10.1. The van der Waals surface area contributed by atoms with Crippen LogP contribution in [0, 0.1) is 5.92 Å². The van der Waals surface area contributed by atoms with E-state index in [-0.39, 0.29) is 28.6 Å². The Bertz CT molecular complexity index is 492. The minimum Gasteiger partial charge on any atom is -0.545 e. The standard InChI is InChI=1S/C13H15NO5/c1-3-7(2)11(15)14-10-5-8(12(16)17)4-9(6-10)13(18)19/h4-7H,3H2,1-2H3,(H,14,15)(H,16,17)(H,18,19)/p-2/t7-/m0/s1. The summed E-state index contributed by atoms with van der Waals surface area (Å²) in [7, 11) is 0. The summed E-state index contributed by atoms with van der Waals surface area (Å²) in [4.78, 5) is 33.2. The van der Waals surface area contributed by atoms with Crippen molar-refractivity contribution in [1.82, 2.24) is 0 Å². The van der Waals surface area contributed by atoms with E-state index in [9.17, 15) is 24.6 Å². The Morgan fingerprint density at radius 3 is 1.95 bits per heavy atom. The van der Waals surface area contributed by atoms with Crippen LogP contribution in [0.2, 0.25) is 0 Å². The second kappa shape index (κ2) is 5.99. The number of amides is 1. The van der Waals surface area contributed by atoms with Crippen LogP contribution >= 0.6 is 0 Å². The molecule has 0 spiro atoms. The molecule has 102 valence electrons. The highest BCUT2D eigenvalue weighted by Crippen LogP contribution is 2.16. The number of nitrogens with one attached hydrogen (secondary N) is 1. The first-order valence-electron chi connectivity index (χ1n) is 5.73. The Labute approximate surface area is 110 Å². The monoisotopic (exact) mass is 263 g/mol. The van der Waals surface area contributed by atoms with Gasteiger partial charge in [-0.3, -0.25) is 4.79 Å². The molecule has 1 atom stereocenters. The average Bonchev–Trinajstić information content (AvgIpc) is 2.37. The molecule has 1 amide bonds. The Balaban J connectivity index is 3.10. The smallest absolute Gasteiger partial charge is 0.227 e. The zero-order valence-corrected chi connectivity index (χ0v) is 10.6. The zero-order chi connectivity index (χ0) is 14.6. The van der Waals surface area contributed by atoms with Crippen molar-refractivity contribution in [3.05, 3.63) is 29.3 Å². The van der Waals surface area contributed by atoms with Crippen LogP contribution in [0.25, 0.3) is 0 Å². The summed E-state index contributed by atoms with van der Waals surface area (Å²) in [6.45, 7) is 3.53. The molecule has 0 unspecified atom stereocenters. The van der Waals surface area contributed by atoms with E-state index in [1.807, 2.05) is 6.92 Å². The molecule has 0 aliphatic rings. The summed E-state index contributed by atoms with van der Waals surface area (Å²) in [6.07, 6.45) is 0.610. The average molecular weight is 263 g/mol. The fourth-order valence-corrected chi connectivity index (χ4v) is 1.39. The summed E-state index contributed by atoms with van der Waals surface area (Å²) in [5, 5.41) is 24.0. The van der Waals surface area contributed by atoms with Crippen molar-refractivity contribution in [2.75, 3.05) is 5.32 Å². The minimum atomic E-state index is -1.53. The Morgan fingerprint density at radius 2 is 1.58 bits per heavy atom. The van der Waals surface area contributed by atoms with E-state index in [2.05, 4.69) is 5.32 Å². The molecular weight excluding hydrogens is 250 g/mol. The van der Waals surface area contributed by atoms with Gasteiger partial charge in [0.25, 0.3) is 0 Å². The molecule has 1 aromatic carbocycles. The predicted octanol–water partition coefficient (Wildman–Crippen LogP) is -0.602. The van der Waals surface area contributed by atoms with E-state index in [4.69, 9.17) is 0 Å². The van der Waals surface area contributed by atoms with Crippen molar-refractivity contribution in [3.63, 3.8) is 0 Å². The van der Waals surface area contributed by atoms with Gasteiger partial charge in [-0.05, 0) is 35.7 Å². The molecular formula is C13H13NO5-2. The molecule has 0 aliphatic carbocycles. The van der Waals surface area contributed by atoms with Crippen molar-refractivity contribution in [2.24, 2.45) is 5.92 Å². The highest BCUT2D eigenvalue weighted by atomic mass is 16.4. The number of rotatable bonds is 5. The third kappa shape index (κ3) is 3.80. The maximum atomic E-state index is 11.7. The maximum absolute atomic E-state index is 11.7. The molecule has 0 saturated carbocycles. The van der Waals surface area contributed by atoms with E-state index in [1.54, 1.807) is 6.92 Å². The summed E-state index contributed by atoms with van der Waals surface area (Å²) in [6, 6.07) is 3.20. The van der Waals surface area contributed by atoms with Crippen LogP contribution in [0.1, 0.15) is 41.0 Å². The number of carbonyl (C=O) groups excluding carboxylic acids is 3. The Morgan fingerprint density at radius 1 is 1.11 bits per heavy atom. The number of anilines is 1. The fourth-order valence-electron chi connectivity index (χ4n) is 1.39. The maximum Gasteiger partial charge on any atom is 0.227 e. The largest absolute Gasteiger partial charge is 0.545 e. The SMILES string of the molecule is CC[C@H](C)C(=O)Nc1cc(C(=O)[O-])cc(C(=O)[O-])c1. The number of carbonyl (C=O) groups is 3. The van der Waals surface area contributed by atoms with Crippen molar-refractivity contribution >= 4 is 23.5 Å². The van der Waals surface area contributed by atoms with Gasteiger partial charge in [0.2, 0.25) is 5.91 Å². The predicted molar refractivity (Wildman–Crippen MR) is 63.2 cm³/mol. The van der Waals surface area contributed by atoms with Crippen LogP contribution in [0.5, 0.6) is 0 Å². The Hall–Kier alpha value is -2.37. The van der Waals surface area contributed by atoms with Gasteiger partial charge in [0.05, 0.1) is 11.9 Å². The quantitative estimate of drug-likeness (QED) is 0.762. The summed E-state index contributed by atoms with van der Waals surface area (Å²) < 4.78 is 0. The number of carboxylic acids is 2. The van der Waals surface area contributed by atoms with Crippen LogP contribution in [0.3, 0.4) is 0 Å². The van der Waals surface area contributed by atoms with Crippen molar-refractivity contribution in [3.8, 4) is 0 Å². The molecule has 6 nitrogen and oxygen atoms in total. The van der Waals surface area contributed by atoms with Gasteiger partial charge < -0.3 is 25.1 Å². The first-order chi connectivity index (χ1) is 8.85. The summed E-state index contributed by atoms with van der Waals surface area (Å²) in [5.74, 6) is -3.63. The van der Waals surface area contributed by atoms with Crippen LogP contribution < -0.4 is 15.5 Å². The lowest BCUT2D eigenvalue weighted by Crippen LogP contribution is -2.27. The molecule has 0 bridgehead atoms. The minimum absolute atomic E-state index is 0.0891. The van der Waals surface area contributed by atoms with Crippen LogP contribution in [-0.4, -0.2) is 17.8 Å². The summed E-state index contributed by atoms with van der Waals surface area (Å²) >= 11 is 0. The second-order valence-corrected chi connectivity index (χ2v) is 4.17. The normalized spacial score (nSPS) is 11.7.